The maximum Gasteiger partial charge on any atom is 0.285 e. The second-order valence-corrected chi connectivity index (χ2v) is 4.87. The number of anilines is 1. The van der Waals surface area contributed by atoms with Crippen LogP contribution in [0.2, 0.25) is 5.02 Å². The first-order chi connectivity index (χ1) is 7.67. The standard InChI is InChI=1S/C11H16ClN3O/c1-2-11(4-3-5-11)7-13-8-6-14-15-10(16)9(8)12/h6H,2-5,7H2,1H3,(H2,13,15,16). The summed E-state index contributed by atoms with van der Waals surface area (Å²) in [7, 11) is 0. The third-order valence-electron chi connectivity index (χ3n) is 3.61. The molecular weight excluding hydrogens is 226 g/mol. The van der Waals surface area contributed by atoms with Gasteiger partial charge in [-0.25, -0.2) is 5.10 Å². The summed E-state index contributed by atoms with van der Waals surface area (Å²) in [6, 6.07) is 0. The normalized spacial score (nSPS) is 17.9. The Hall–Kier alpha value is -1.03. The van der Waals surface area contributed by atoms with Crippen LogP contribution in [0.3, 0.4) is 0 Å². The van der Waals surface area contributed by atoms with E-state index in [0.29, 0.717) is 11.1 Å². The second-order valence-electron chi connectivity index (χ2n) is 4.49. The third kappa shape index (κ3) is 2.07. The lowest BCUT2D eigenvalue weighted by Gasteiger charge is -2.41. The van der Waals surface area contributed by atoms with Crippen LogP contribution in [0.25, 0.3) is 0 Å². The molecule has 88 valence electrons. The summed E-state index contributed by atoms with van der Waals surface area (Å²) in [6.07, 6.45) is 6.53. The van der Waals surface area contributed by atoms with E-state index in [2.05, 4.69) is 22.4 Å². The minimum absolute atomic E-state index is 0.195. The number of halogens is 1. The summed E-state index contributed by atoms with van der Waals surface area (Å²) in [5.74, 6) is 0. The van der Waals surface area contributed by atoms with Crippen LogP contribution in [-0.2, 0) is 0 Å². The topological polar surface area (TPSA) is 57.8 Å². The molecule has 0 radical (unpaired) electrons. The molecule has 0 unspecified atom stereocenters. The Bertz CT molecular complexity index is 420. The molecule has 16 heavy (non-hydrogen) atoms. The average Bonchev–Trinajstić information content (AvgIpc) is 2.23. The fourth-order valence-electron chi connectivity index (χ4n) is 2.12. The zero-order valence-electron chi connectivity index (χ0n) is 9.35. The van der Waals surface area contributed by atoms with E-state index in [4.69, 9.17) is 11.6 Å². The highest BCUT2D eigenvalue weighted by Gasteiger charge is 2.34. The smallest absolute Gasteiger partial charge is 0.285 e. The molecular formula is C11H16ClN3O. The van der Waals surface area contributed by atoms with Crippen LogP contribution in [0.4, 0.5) is 5.69 Å². The molecule has 2 rings (SSSR count). The quantitative estimate of drug-likeness (QED) is 0.851. The van der Waals surface area contributed by atoms with Crippen LogP contribution in [0.15, 0.2) is 11.0 Å². The first-order valence-corrected chi connectivity index (χ1v) is 6.02. The highest BCUT2D eigenvalue weighted by atomic mass is 35.5. The monoisotopic (exact) mass is 241 g/mol. The molecule has 0 aromatic carbocycles. The van der Waals surface area contributed by atoms with Crippen molar-refractivity contribution in [3.8, 4) is 0 Å². The third-order valence-corrected chi connectivity index (χ3v) is 3.99. The van der Waals surface area contributed by atoms with Gasteiger partial charge < -0.3 is 5.32 Å². The molecule has 5 heteroatoms. The van der Waals surface area contributed by atoms with Gasteiger partial charge in [-0.05, 0) is 24.7 Å². The van der Waals surface area contributed by atoms with E-state index in [0.717, 1.165) is 13.0 Å². The molecule has 1 heterocycles. The van der Waals surface area contributed by atoms with Crippen LogP contribution in [-0.4, -0.2) is 16.7 Å². The lowest BCUT2D eigenvalue weighted by Crippen LogP contribution is -2.36. The zero-order valence-corrected chi connectivity index (χ0v) is 10.1. The minimum Gasteiger partial charge on any atom is -0.382 e. The number of aromatic nitrogens is 2. The first kappa shape index (κ1) is 11.5. The number of nitrogens with zero attached hydrogens (tertiary/aromatic N) is 1. The number of rotatable bonds is 4. The Morgan fingerprint density at radius 1 is 1.62 bits per heavy atom. The molecule has 0 aliphatic heterocycles. The van der Waals surface area contributed by atoms with Crippen molar-refractivity contribution in [1.82, 2.24) is 10.2 Å². The Morgan fingerprint density at radius 3 is 2.94 bits per heavy atom. The summed E-state index contributed by atoms with van der Waals surface area (Å²) in [5.41, 5.74) is 0.683. The van der Waals surface area contributed by atoms with Crippen LogP contribution < -0.4 is 10.9 Å². The van der Waals surface area contributed by atoms with Gasteiger partial charge in [0.1, 0.15) is 5.02 Å². The van der Waals surface area contributed by atoms with Gasteiger partial charge in [0.25, 0.3) is 5.56 Å². The molecule has 2 N–H and O–H groups in total. The van der Waals surface area contributed by atoms with Crippen molar-refractivity contribution >= 4 is 17.3 Å². The van der Waals surface area contributed by atoms with Crippen LogP contribution >= 0.6 is 11.6 Å². The number of H-pyrrole nitrogens is 1. The number of nitrogens with one attached hydrogen (secondary N) is 2. The van der Waals surface area contributed by atoms with Gasteiger partial charge in [0, 0.05) is 6.54 Å². The van der Waals surface area contributed by atoms with Gasteiger partial charge in [-0.1, -0.05) is 24.9 Å². The van der Waals surface area contributed by atoms with Gasteiger partial charge in [0.2, 0.25) is 0 Å². The number of hydrogen-bond donors (Lipinski definition) is 2. The summed E-state index contributed by atoms with van der Waals surface area (Å²) in [5, 5.41) is 9.46. The van der Waals surface area contributed by atoms with Gasteiger partial charge in [-0.3, -0.25) is 4.79 Å². The molecule has 0 saturated heterocycles. The highest BCUT2D eigenvalue weighted by Crippen LogP contribution is 2.43. The van der Waals surface area contributed by atoms with Gasteiger partial charge in [-0.15, -0.1) is 0 Å². The average molecular weight is 242 g/mol. The van der Waals surface area contributed by atoms with E-state index >= 15 is 0 Å². The Balaban J connectivity index is 2.04. The van der Waals surface area contributed by atoms with Crippen LogP contribution in [0, 0.1) is 5.41 Å². The molecule has 1 aliphatic carbocycles. The van der Waals surface area contributed by atoms with E-state index in [1.54, 1.807) is 6.20 Å². The van der Waals surface area contributed by atoms with E-state index in [1.807, 2.05) is 0 Å². The Kier molecular flexibility index (Phi) is 3.19. The second kappa shape index (κ2) is 4.45. The molecule has 4 nitrogen and oxygen atoms in total. The predicted octanol–water partition coefficient (Wildman–Crippen LogP) is 2.42. The van der Waals surface area contributed by atoms with Crippen molar-refractivity contribution in [3.05, 3.63) is 21.6 Å². The zero-order chi connectivity index (χ0) is 11.6. The Labute approximate surface area is 99.4 Å². The molecule has 0 spiro atoms. The molecule has 1 saturated carbocycles. The summed E-state index contributed by atoms with van der Waals surface area (Å²) >= 11 is 5.88. The minimum atomic E-state index is -0.342. The van der Waals surface area contributed by atoms with Crippen molar-refractivity contribution in [2.45, 2.75) is 32.6 Å². The van der Waals surface area contributed by atoms with Gasteiger partial charge >= 0.3 is 0 Å². The lowest BCUT2D eigenvalue weighted by molar-refractivity contribution is 0.145. The van der Waals surface area contributed by atoms with E-state index < -0.39 is 0 Å². The fourth-order valence-corrected chi connectivity index (χ4v) is 2.28. The fraction of sp³-hybridized carbons (Fsp3) is 0.636. The maximum atomic E-state index is 11.2. The highest BCUT2D eigenvalue weighted by molar-refractivity contribution is 6.32. The first-order valence-electron chi connectivity index (χ1n) is 5.64. The van der Waals surface area contributed by atoms with Crippen molar-refractivity contribution in [1.29, 1.82) is 0 Å². The van der Waals surface area contributed by atoms with Crippen molar-refractivity contribution < 1.29 is 0 Å². The molecule has 1 aliphatic rings. The van der Waals surface area contributed by atoms with E-state index in [-0.39, 0.29) is 10.6 Å². The maximum absolute atomic E-state index is 11.2. The molecule has 1 aromatic rings. The summed E-state index contributed by atoms with van der Waals surface area (Å²) < 4.78 is 0. The van der Waals surface area contributed by atoms with Gasteiger partial charge in [0.05, 0.1) is 11.9 Å². The van der Waals surface area contributed by atoms with Gasteiger partial charge in [0.15, 0.2) is 0 Å². The molecule has 1 fully saturated rings. The van der Waals surface area contributed by atoms with Gasteiger partial charge in [-0.2, -0.15) is 5.10 Å². The lowest BCUT2D eigenvalue weighted by atomic mass is 9.67. The SMILES string of the molecule is CCC1(CNc2cn[nH]c(=O)c2Cl)CCC1. The largest absolute Gasteiger partial charge is 0.382 e. The molecule has 0 amide bonds. The van der Waals surface area contributed by atoms with Crippen LogP contribution in [0.5, 0.6) is 0 Å². The van der Waals surface area contributed by atoms with Crippen molar-refractivity contribution in [2.24, 2.45) is 5.41 Å². The van der Waals surface area contributed by atoms with Crippen molar-refractivity contribution in [2.75, 3.05) is 11.9 Å². The van der Waals surface area contributed by atoms with Crippen molar-refractivity contribution in [3.63, 3.8) is 0 Å². The molecule has 0 bridgehead atoms. The Morgan fingerprint density at radius 2 is 2.38 bits per heavy atom. The molecule has 0 atom stereocenters. The summed E-state index contributed by atoms with van der Waals surface area (Å²) in [6.45, 7) is 3.08. The molecule has 1 aromatic heterocycles. The van der Waals surface area contributed by atoms with E-state index in [1.165, 1.54) is 19.3 Å². The van der Waals surface area contributed by atoms with E-state index in [9.17, 15) is 4.79 Å². The summed E-state index contributed by atoms with van der Waals surface area (Å²) in [4.78, 5) is 11.2. The number of aromatic amines is 1. The predicted molar refractivity (Wildman–Crippen MR) is 64.9 cm³/mol. The van der Waals surface area contributed by atoms with Crippen LogP contribution in [0.1, 0.15) is 32.6 Å². The number of hydrogen-bond acceptors (Lipinski definition) is 3.